The monoisotopic (exact) mass is 297 g/mol. The topological polar surface area (TPSA) is 3.24 Å². The lowest BCUT2D eigenvalue weighted by Gasteiger charge is -2.39. The minimum Gasteiger partial charge on any atom is -0.292 e. The fourth-order valence-corrected chi connectivity index (χ4v) is 3.34. The zero-order chi connectivity index (χ0) is 14.5. The normalized spacial score (nSPS) is 20.8. The van der Waals surface area contributed by atoms with Crippen LogP contribution in [0.25, 0.3) is 0 Å². The minimum absolute atomic E-state index is 0.0326. The first-order valence-corrected chi connectivity index (χ1v) is 7.83. The minimum atomic E-state index is -4.12. The number of rotatable bonds is 5. The molecule has 0 amide bonds. The molecule has 1 nitrogen and oxygen atoms in total. The molecule has 0 aliphatic heterocycles. The first kappa shape index (κ1) is 17.2. The van der Waals surface area contributed by atoms with Crippen molar-refractivity contribution in [1.29, 1.82) is 0 Å². The lowest BCUT2D eigenvalue weighted by molar-refractivity contribution is -0.153. The summed E-state index contributed by atoms with van der Waals surface area (Å²) in [5.41, 5.74) is -0.0326. The summed E-state index contributed by atoms with van der Waals surface area (Å²) in [6.45, 7) is 3.40. The van der Waals surface area contributed by atoms with Gasteiger partial charge in [-0.25, -0.2) is 0 Å². The smallest absolute Gasteiger partial charge is 0.292 e. The van der Waals surface area contributed by atoms with Gasteiger partial charge in [0.15, 0.2) is 0 Å². The molecule has 5 heteroatoms. The lowest BCUT2D eigenvalue weighted by atomic mass is 9.81. The first-order chi connectivity index (χ1) is 8.78. The second-order valence-corrected chi connectivity index (χ2v) is 6.50. The lowest BCUT2D eigenvalue weighted by Crippen LogP contribution is -2.46. The summed E-state index contributed by atoms with van der Waals surface area (Å²) in [4.78, 5) is 1.57. The molecule has 114 valence electrons. The van der Waals surface area contributed by atoms with E-state index >= 15 is 0 Å². The molecule has 19 heavy (non-hydrogen) atoms. The van der Waals surface area contributed by atoms with Crippen molar-refractivity contribution in [3.8, 4) is 0 Å². The number of hydrogen-bond donors (Lipinski definition) is 1. The molecule has 1 aliphatic rings. The molecular formula is C14H26F3NS. The number of thiol groups is 1. The Morgan fingerprint density at radius 3 is 2.00 bits per heavy atom. The van der Waals surface area contributed by atoms with E-state index < -0.39 is 12.7 Å². The standard InChI is InChI=1S/C14H26F3NS/c1-12(2)18(10-14(15,16)17)9-13(11-19)7-5-3-4-6-8-13/h12,19H,3-11H2,1-2H3. The summed E-state index contributed by atoms with van der Waals surface area (Å²) in [6.07, 6.45) is 2.56. The van der Waals surface area contributed by atoms with Crippen molar-refractivity contribution in [3.05, 3.63) is 0 Å². The Balaban J connectivity index is 2.73. The molecule has 1 fully saturated rings. The first-order valence-electron chi connectivity index (χ1n) is 7.20. The molecule has 0 heterocycles. The van der Waals surface area contributed by atoms with Crippen molar-refractivity contribution in [2.75, 3.05) is 18.8 Å². The van der Waals surface area contributed by atoms with Crippen molar-refractivity contribution in [3.63, 3.8) is 0 Å². The summed E-state index contributed by atoms with van der Waals surface area (Å²) in [5, 5.41) is 0. The second-order valence-electron chi connectivity index (χ2n) is 6.19. The third kappa shape index (κ3) is 5.94. The second kappa shape index (κ2) is 7.21. The van der Waals surface area contributed by atoms with Crippen molar-refractivity contribution < 1.29 is 13.2 Å². The van der Waals surface area contributed by atoms with Crippen LogP contribution in [0.15, 0.2) is 0 Å². The van der Waals surface area contributed by atoms with Crippen molar-refractivity contribution >= 4 is 12.6 Å². The Kier molecular flexibility index (Phi) is 6.51. The van der Waals surface area contributed by atoms with Crippen LogP contribution in [0.2, 0.25) is 0 Å². The largest absolute Gasteiger partial charge is 0.401 e. The Labute approximate surface area is 120 Å². The predicted molar refractivity (Wildman–Crippen MR) is 76.8 cm³/mol. The third-order valence-electron chi connectivity index (χ3n) is 4.15. The predicted octanol–water partition coefficient (Wildman–Crippen LogP) is 4.53. The molecule has 0 unspecified atom stereocenters. The van der Waals surface area contributed by atoms with Gasteiger partial charge in [0.2, 0.25) is 0 Å². The number of alkyl halides is 3. The molecule has 0 atom stereocenters. The van der Waals surface area contributed by atoms with Gasteiger partial charge in [-0.2, -0.15) is 25.8 Å². The Morgan fingerprint density at radius 2 is 1.63 bits per heavy atom. The number of hydrogen-bond acceptors (Lipinski definition) is 2. The molecule has 0 saturated heterocycles. The Morgan fingerprint density at radius 1 is 1.11 bits per heavy atom. The van der Waals surface area contributed by atoms with Gasteiger partial charge in [0.25, 0.3) is 0 Å². The molecule has 0 aromatic rings. The summed E-state index contributed by atoms with van der Waals surface area (Å²) in [5.74, 6) is 0.689. The summed E-state index contributed by atoms with van der Waals surface area (Å²) >= 11 is 4.44. The maximum Gasteiger partial charge on any atom is 0.401 e. The van der Waals surface area contributed by atoms with Crippen LogP contribution in [0.4, 0.5) is 13.2 Å². The van der Waals surface area contributed by atoms with Crippen LogP contribution < -0.4 is 0 Å². The van der Waals surface area contributed by atoms with Crippen LogP contribution in [-0.2, 0) is 0 Å². The van der Waals surface area contributed by atoms with E-state index in [-0.39, 0.29) is 11.5 Å². The van der Waals surface area contributed by atoms with E-state index in [1.807, 2.05) is 13.8 Å². The van der Waals surface area contributed by atoms with Crippen molar-refractivity contribution in [2.24, 2.45) is 5.41 Å². The maximum atomic E-state index is 12.7. The molecule has 0 radical (unpaired) electrons. The van der Waals surface area contributed by atoms with Crippen LogP contribution >= 0.6 is 12.6 Å². The van der Waals surface area contributed by atoms with Crippen LogP contribution in [-0.4, -0.2) is 36.0 Å². The van der Waals surface area contributed by atoms with E-state index in [9.17, 15) is 13.2 Å². The van der Waals surface area contributed by atoms with E-state index in [1.54, 1.807) is 4.90 Å². The molecule has 1 aliphatic carbocycles. The summed E-state index contributed by atoms with van der Waals surface area (Å²) in [6, 6.07) is -0.0818. The molecule has 1 rings (SSSR count). The van der Waals surface area contributed by atoms with Gasteiger partial charge < -0.3 is 0 Å². The summed E-state index contributed by atoms with van der Waals surface area (Å²) < 4.78 is 38.0. The van der Waals surface area contributed by atoms with Gasteiger partial charge in [0.05, 0.1) is 6.54 Å². The van der Waals surface area contributed by atoms with Gasteiger partial charge >= 0.3 is 6.18 Å². The van der Waals surface area contributed by atoms with Crippen LogP contribution in [0.1, 0.15) is 52.4 Å². The highest BCUT2D eigenvalue weighted by molar-refractivity contribution is 7.80. The van der Waals surface area contributed by atoms with Gasteiger partial charge in [0.1, 0.15) is 0 Å². The molecule has 1 saturated carbocycles. The average molecular weight is 297 g/mol. The van der Waals surface area contributed by atoms with Gasteiger partial charge in [-0.05, 0) is 37.9 Å². The summed E-state index contributed by atoms with van der Waals surface area (Å²) in [7, 11) is 0. The molecule has 0 spiro atoms. The Bertz CT molecular complexity index is 258. The average Bonchev–Trinajstić information content (AvgIpc) is 2.52. The van der Waals surface area contributed by atoms with E-state index in [0.29, 0.717) is 12.3 Å². The fraction of sp³-hybridized carbons (Fsp3) is 1.00. The van der Waals surface area contributed by atoms with E-state index in [1.165, 1.54) is 12.8 Å². The SMILES string of the molecule is CC(C)N(CC(F)(F)F)CC1(CS)CCCCCC1. The highest BCUT2D eigenvalue weighted by Crippen LogP contribution is 2.37. The van der Waals surface area contributed by atoms with Gasteiger partial charge in [-0.15, -0.1) is 0 Å². The van der Waals surface area contributed by atoms with Gasteiger partial charge in [-0.1, -0.05) is 25.7 Å². The van der Waals surface area contributed by atoms with Crippen molar-refractivity contribution in [1.82, 2.24) is 4.90 Å². The van der Waals surface area contributed by atoms with E-state index in [2.05, 4.69) is 12.6 Å². The van der Waals surface area contributed by atoms with Gasteiger partial charge in [-0.3, -0.25) is 4.90 Å². The van der Waals surface area contributed by atoms with Crippen molar-refractivity contribution in [2.45, 2.75) is 64.6 Å². The van der Waals surface area contributed by atoms with Crippen LogP contribution in [0.3, 0.4) is 0 Å². The number of halogens is 3. The Hall–Kier alpha value is 0.100. The quantitative estimate of drug-likeness (QED) is 0.576. The van der Waals surface area contributed by atoms with E-state index in [0.717, 1.165) is 25.7 Å². The van der Waals surface area contributed by atoms with Crippen LogP contribution in [0, 0.1) is 5.41 Å². The van der Waals surface area contributed by atoms with Crippen LogP contribution in [0.5, 0.6) is 0 Å². The molecule has 0 bridgehead atoms. The van der Waals surface area contributed by atoms with Gasteiger partial charge in [0, 0.05) is 12.6 Å². The zero-order valence-corrected chi connectivity index (χ0v) is 12.9. The fourth-order valence-electron chi connectivity index (χ4n) is 2.93. The zero-order valence-electron chi connectivity index (χ0n) is 12.0. The highest BCUT2D eigenvalue weighted by atomic mass is 32.1. The molecule has 0 aromatic heterocycles. The third-order valence-corrected chi connectivity index (χ3v) is 4.82. The molecule has 0 aromatic carbocycles. The highest BCUT2D eigenvalue weighted by Gasteiger charge is 2.37. The maximum absolute atomic E-state index is 12.7. The molecular weight excluding hydrogens is 271 g/mol. The molecule has 0 N–H and O–H groups in total. The number of nitrogens with zero attached hydrogens (tertiary/aromatic N) is 1. The van der Waals surface area contributed by atoms with E-state index in [4.69, 9.17) is 0 Å².